The summed E-state index contributed by atoms with van der Waals surface area (Å²) in [6.45, 7) is 3.46. The van der Waals surface area contributed by atoms with Crippen LogP contribution in [0.2, 0.25) is 0 Å². The fourth-order valence-corrected chi connectivity index (χ4v) is 2.21. The summed E-state index contributed by atoms with van der Waals surface area (Å²) in [5.41, 5.74) is 2.07. The second-order valence-electron chi connectivity index (χ2n) is 4.00. The van der Waals surface area contributed by atoms with Gasteiger partial charge in [0, 0.05) is 23.4 Å². The van der Waals surface area contributed by atoms with Gasteiger partial charge in [-0.1, -0.05) is 12.1 Å². The molecule has 0 saturated heterocycles. The van der Waals surface area contributed by atoms with Crippen LogP contribution in [-0.4, -0.2) is 23.3 Å². The second-order valence-corrected chi connectivity index (χ2v) is 5.16. The molecule has 1 heterocycles. The minimum Gasteiger partial charge on any atom is -0.383 e. The minimum atomic E-state index is 0.677. The predicted octanol–water partition coefficient (Wildman–Crippen LogP) is 3.19. The smallest absolute Gasteiger partial charge is 0.207 e. The van der Waals surface area contributed by atoms with Gasteiger partial charge in [0.15, 0.2) is 0 Å². The number of benzene rings is 1. The lowest BCUT2D eigenvalue weighted by Gasteiger charge is -2.10. The highest BCUT2D eigenvalue weighted by molar-refractivity contribution is 14.1. The number of aromatic nitrogens is 2. The van der Waals surface area contributed by atoms with E-state index in [9.17, 15) is 0 Å². The number of rotatable bonds is 5. The zero-order valence-electron chi connectivity index (χ0n) is 10.5. The molecule has 0 spiro atoms. The number of aryl methyl sites for hydroxylation is 1. The molecule has 4 nitrogen and oxygen atoms in total. The maximum Gasteiger partial charge on any atom is 0.207 e. The van der Waals surface area contributed by atoms with Gasteiger partial charge in [-0.3, -0.25) is 0 Å². The molecule has 0 saturated carbocycles. The van der Waals surface area contributed by atoms with Crippen LogP contribution in [0, 0.1) is 10.5 Å². The first-order valence-corrected chi connectivity index (χ1v) is 6.83. The lowest BCUT2D eigenvalue weighted by atomic mass is 10.3. The highest BCUT2D eigenvalue weighted by Gasteiger charge is 2.07. The molecule has 96 valence electrons. The van der Waals surface area contributed by atoms with Gasteiger partial charge in [-0.05, 0) is 41.6 Å². The number of halogens is 1. The summed E-state index contributed by atoms with van der Waals surface area (Å²) >= 11 is 2.31. The predicted molar refractivity (Wildman–Crippen MR) is 81.3 cm³/mol. The second kappa shape index (κ2) is 6.19. The first kappa shape index (κ1) is 13.4. The van der Waals surface area contributed by atoms with Crippen molar-refractivity contribution in [2.75, 3.05) is 19.0 Å². The Bertz CT molecular complexity index is 525. The van der Waals surface area contributed by atoms with Gasteiger partial charge in [-0.15, -0.1) is 0 Å². The van der Waals surface area contributed by atoms with Crippen LogP contribution < -0.4 is 5.32 Å². The van der Waals surface area contributed by atoms with Crippen LogP contribution in [0.15, 0.2) is 30.5 Å². The van der Waals surface area contributed by atoms with E-state index in [-0.39, 0.29) is 0 Å². The summed E-state index contributed by atoms with van der Waals surface area (Å²) in [5.74, 6) is 0.855. The van der Waals surface area contributed by atoms with E-state index in [0.29, 0.717) is 6.61 Å². The van der Waals surface area contributed by atoms with Crippen molar-refractivity contribution >= 4 is 34.2 Å². The van der Waals surface area contributed by atoms with Crippen molar-refractivity contribution in [1.29, 1.82) is 0 Å². The fourth-order valence-electron chi connectivity index (χ4n) is 1.69. The molecular formula is C13H16IN3O. The van der Waals surface area contributed by atoms with Crippen molar-refractivity contribution in [1.82, 2.24) is 9.55 Å². The van der Waals surface area contributed by atoms with Gasteiger partial charge in [0.1, 0.15) is 0 Å². The Balaban J connectivity index is 2.20. The van der Waals surface area contributed by atoms with E-state index < -0.39 is 0 Å². The van der Waals surface area contributed by atoms with Crippen LogP contribution in [0.4, 0.5) is 11.6 Å². The molecule has 0 radical (unpaired) electrons. The van der Waals surface area contributed by atoms with Crippen LogP contribution >= 0.6 is 22.6 Å². The van der Waals surface area contributed by atoms with Crippen LogP contribution in [-0.2, 0) is 11.3 Å². The number of nitrogens with one attached hydrogen (secondary N) is 1. The number of para-hydroxylation sites is 1. The number of hydrogen-bond donors (Lipinski definition) is 1. The zero-order chi connectivity index (χ0) is 13.0. The highest BCUT2D eigenvalue weighted by Crippen LogP contribution is 2.21. The Kier molecular flexibility index (Phi) is 4.60. The van der Waals surface area contributed by atoms with Crippen molar-refractivity contribution in [3.05, 3.63) is 39.7 Å². The molecule has 0 fully saturated rings. The maximum absolute atomic E-state index is 5.11. The molecule has 1 aromatic heterocycles. The van der Waals surface area contributed by atoms with Crippen molar-refractivity contribution in [3.63, 3.8) is 0 Å². The molecule has 0 aliphatic heterocycles. The number of anilines is 2. The molecule has 0 amide bonds. The molecule has 5 heteroatoms. The topological polar surface area (TPSA) is 39.1 Å². The van der Waals surface area contributed by atoms with Crippen LogP contribution in [0.1, 0.15) is 5.69 Å². The van der Waals surface area contributed by atoms with E-state index in [1.165, 1.54) is 3.57 Å². The third-order valence-corrected chi connectivity index (χ3v) is 3.49. The molecule has 18 heavy (non-hydrogen) atoms. The van der Waals surface area contributed by atoms with Crippen molar-refractivity contribution in [2.24, 2.45) is 0 Å². The van der Waals surface area contributed by atoms with E-state index >= 15 is 0 Å². The third-order valence-electron chi connectivity index (χ3n) is 2.55. The standard InChI is InChI=1S/C13H16IN3O/c1-10-9-17(7-8-18-2)13(15-10)16-12-6-4-3-5-11(12)14/h3-6,9H,7-8H2,1-2H3,(H,15,16). The van der Waals surface area contributed by atoms with Crippen LogP contribution in [0.3, 0.4) is 0 Å². The average Bonchev–Trinajstić information content (AvgIpc) is 2.70. The van der Waals surface area contributed by atoms with E-state index in [4.69, 9.17) is 4.74 Å². The SMILES string of the molecule is COCCn1cc(C)nc1Nc1ccccc1I. The van der Waals surface area contributed by atoms with E-state index in [1.54, 1.807) is 7.11 Å². The summed E-state index contributed by atoms with van der Waals surface area (Å²) in [6, 6.07) is 8.15. The van der Waals surface area contributed by atoms with E-state index in [2.05, 4.69) is 43.5 Å². The molecule has 1 N–H and O–H groups in total. The number of methoxy groups -OCH3 is 1. The molecule has 0 atom stereocenters. The quantitative estimate of drug-likeness (QED) is 0.836. The molecule has 2 aromatic rings. The van der Waals surface area contributed by atoms with Crippen molar-refractivity contribution < 1.29 is 4.74 Å². The van der Waals surface area contributed by atoms with Gasteiger partial charge in [-0.25, -0.2) is 4.98 Å². The maximum atomic E-state index is 5.11. The lowest BCUT2D eigenvalue weighted by Crippen LogP contribution is -2.07. The Hall–Kier alpha value is -1.08. The minimum absolute atomic E-state index is 0.677. The van der Waals surface area contributed by atoms with Gasteiger partial charge >= 0.3 is 0 Å². The van der Waals surface area contributed by atoms with Crippen molar-refractivity contribution in [3.8, 4) is 0 Å². The monoisotopic (exact) mass is 357 g/mol. The molecule has 0 bridgehead atoms. The Morgan fingerprint density at radius 1 is 1.39 bits per heavy atom. The lowest BCUT2D eigenvalue weighted by molar-refractivity contribution is 0.188. The van der Waals surface area contributed by atoms with Crippen LogP contribution in [0.5, 0.6) is 0 Å². The molecule has 0 aliphatic carbocycles. The summed E-state index contributed by atoms with van der Waals surface area (Å²) < 4.78 is 8.35. The largest absolute Gasteiger partial charge is 0.383 e. The van der Waals surface area contributed by atoms with Gasteiger partial charge in [-0.2, -0.15) is 0 Å². The van der Waals surface area contributed by atoms with Crippen LogP contribution in [0.25, 0.3) is 0 Å². The summed E-state index contributed by atoms with van der Waals surface area (Å²) in [4.78, 5) is 4.49. The Morgan fingerprint density at radius 2 is 2.17 bits per heavy atom. The number of imidazole rings is 1. The fraction of sp³-hybridized carbons (Fsp3) is 0.308. The summed E-state index contributed by atoms with van der Waals surface area (Å²) in [5, 5.41) is 3.36. The summed E-state index contributed by atoms with van der Waals surface area (Å²) in [7, 11) is 1.71. The normalized spacial score (nSPS) is 10.6. The Labute approximate surface area is 121 Å². The molecule has 1 aromatic carbocycles. The number of hydrogen-bond acceptors (Lipinski definition) is 3. The molecule has 0 unspecified atom stereocenters. The summed E-state index contributed by atoms with van der Waals surface area (Å²) in [6.07, 6.45) is 2.02. The average molecular weight is 357 g/mol. The van der Waals surface area contributed by atoms with E-state index in [1.807, 2.05) is 31.3 Å². The van der Waals surface area contributed by atoms with E-state index in [0.717, 1.165) is 23.9 Å². The number of ether oxygens (including phenoxy) is 1. The molecule has 2 rings (SSSR count). The Morgan fingerprint density at radius 3 is 2.89 bits per heavy atom. The third kappa shape index (κ3) is 3.23. The van der Waals surface area contributed by atoms with Gasteiger partial charge < -0.3 is 14.6 Å². The first-order valence-electron chi connectivity index (χ1n) is 5.75. The highest BCUT2D eigenvalue weighted by atomic mass is 127. The number of nitrogens with zero attached hydrogens (tertiary/aromatic N) is 2. The molecular weight excluding hydrogens is 341 g/mol. The molecule has 0 aliphatic rings. The zero-order valence-corrected chi connectivity index (χ0v) is 12.6. The van der Waals surface area contributed by atoms with Gasteiger partial charge in [0.2, 0.25) is 5.95 Å². The van der Waals surface area contributed by atoms with Crippen molar-refractivity contribution in [2.45, 2.75) is 13.5 Å². The van der Waals surface area contributed by atoms with Gasteiger partial charge in [0.25, 0.3) is 0 Å². The first-order chi connectivity index (χ1) is 8.70. The van der Waals surface area contributed by atoms with Gasteiger partial charge in [0.05, 0.1) is 18.0 Å².